The van der Waals surface area contributed by atoms with Crippen LogP contribution in [0, 0.1) is 5.92 Å². The molecule has 0 aromatic heterocycles. The minimum absolute atomic E-state index is 0.214. The van der Waals surface area contributed by atoms with Crippen molar-refractivity contribution in [1.82, 2.24) is 0 Å². The second-order valence-corrected chi connectivity index (χ2v) is 8.08. The van der Waals surface area contributed by atoms with Crippen LogP contribution in [0.25, 0.3) is 6.08 Å². The van der Waals surface area contributed by atoms with Crippen LogP contribution in [0.2, 0.25) is 0 Å². The van der Waals surface area contributed by atoms with Gasteiger partial charge in [0.05, 0.1) is 7.11 Å². The van der Waals surface area contributed by atoms with Gasteiger partial charge in [-0.1, -0.05) is 38.1 Å². The molecule has 1 atom stereocenters. The molecule has 0 amide bonds. The summed E-state index contributed by atoms with van der Waals surface area (Å²) in [5.74, 6) is 1.58. The lowest BCUT2D eigenvalue weighted by Gasteiger charge is -2.28. The molecular formula is C24H28O4. The summed E-state index contributed by atoms with van der Waals surface area (Å²) in [7, 11) is 1.63. The maximum Gasteiger partial charge on any atom is 0.306 e. The second-order valence-electron chi connectivity index (χ2n) is 8.08. The quantitative estimate of drug-likeness (QED) is 0.616. The number of carbonyl (C=O) groups excluding carboxylic acids is 1. The zero-order chi connectivity index (χ0) is 20.3. The predicted molar refractivity (Wildman–Crippen MR) is 111 cm³/mol. The average molecular weight is 380 g/mol. The number of hydrogen-bond acceptors (Lipinski definition) is 4. The smallest absolute Gasteiger partial charge is 0.306 e. The molecule has 28 heavy (non-hydrogen) atoms. The number of esters is 1. The Bertz CT molecular complexity index is 880. The summed E-state index contributed by atoms with van der Waals surface area (Å²) in [6, 6.07) is 13.6. The van der Waals surface area contributed by atoms with Crippen molar-refractivity contribution in [1.29, 1.82) is 0 Å². The summed E-state index contributed by atoms with van der Waals surface area (Å²) >= 11 is 0. The molecule has 1 heterocycles. The first-order chi connectivity index (χ1) is 13.3. The van der Waals surface area contributed by atoms with Gasteiger partial charge in [0.2, 0.25) is 0 Å². The van der Waals surface area contributed by atoms with E-state index in [1.807, 2.05) is 76.2 Å². The topological polar surface area (TPSA) is 44.8 Å². The van der Waals surface area contributed by atoms with Crippen LogP contribution in [0.3, 0.4) is 0 Å². The Morgan fingerprint density at radius 1 is 1.11 bits per heavy atom. The molecule has 0 bridgehead atoms. The van der Waals surface area contributed by atoms with E-state index in [1.54, 1.807) is 7.11 Å². The summed E-state index contributed by atoms with van der Waals surface area (Å²) in [6.07, 6.45) is 3.96. The summed E-state index contributed by atoms with van der Waals surface area (Å²) in [4.78, 5) is 12.4. The van der Waals surface area contributed by atoms with Gasteiger partial charge in [-0.05, 0) is 55.7 Å². The van der Waals surface area contributed by atoms with Crippen molar-refractivity contribution >= 4 is 12.0 Å². The van der Waals surface area contributed by atoms with Gasteiger partial charge in [0.15, 0.2) is 6.10 Å². The van der Waals surface area contributed by atoms with Gasteiger partial charge < -0.3 is 14.2 Å². The van der Waals surface area contributed by atoms with Gasteiger partial charge in [0.1, 0.15) is 17.1 Å². The van der Waals surface area contributed by atoms with E-state index in [1.165, 1.54) is 0 Å². The molecule has 1 aliphatic rings. The molecule has 0 fully saturated rings. The lowest BCUT2D eigenvalue weighted by atomic mass is 9.96. The summed E-state index contributed by atoms with van der Waals surface area (Å²) in [5.41, 5.74) is 2.42. The number of benzene rings is 2. The van der Waals surface area contributed by atoms with Gasteiger partial charge in [0, 0.05) is 17.5 Å². The van der Waals surface area contributed by atoms with Crippen LogP contribution in [0.15, 0.2) is 48.5 Å². The molecule has 3 rings (SSSR count). The third-order valence-corrected chi connectivity index (χ3v) is 4.59. The van der Waals surface area contributed by atoms with E-state index in [9.17, 15) is 4.79 Å². The van der Waals surface area contributed by atoms with E-state index < -0.39 is 6.10 Å². The van der Waals surface area contributed by atoms with E-state index >= 15 is 0 Å². The Morgan fingerprint density at radius 2 is 1.86 bits per heavy atom. The number of ether oxygens (including phenoxy) is 3. The monoisotopic (exact) mass is 380 g/mol. The van der Waals surface area contributed by atoms with Crippen LogP contribution in [0.1, 0.15) is 56.9 Å². The second kappa shape index (κ2) is 8.09. The fraction of sp³-hybridized carbons (Fsp3) is 0.375. The first-order valence-corrected chi connectivity index (χ1v) is 9.63. The van der Waals surface area contributed by atoms with E-state index in [-0.39, 0.29) is 17.5 Å². The lowest BCUT2D eigenvalue weighted by Crippen LogP contribution is -2.27. The molecule has 0 aliphatic carbocycles. The highest BCUT2D eigenvalue weighted by molar-refractivity contribution is 5.70. The van der Waals surface area contributed by atoms with Gasteiger partial charge in [-0.25, -0.2) is 0 Å². The Morgan fingerprint density at radius 3 is 2.57 bits per heavy atom. The Kier molecular flexibility index (Phi) is 5.78. The van der Waals surface area contributed by atoms with Crippen molar-refractivity contribution in [3.05, 3.63) is 65.2 Å². The molecule has 0 radical (unpaired) electrons. The zero-order valence-electron chi connectivity index (χ0n) is 17.2. The first-order valence-electron chi connectivity index (χ1n) is 9.63. The highest BCUT2D eigenvalue weighted by Gasteiger charge is 2.25. The van der Waals surface area contributed by atoms with Gasteiger partial charge in [0.25, 0.3) is 0 Å². The summed E-state index contributed by atoms with van der Waals surface area (Å²) in [6.45, 7) is 8.05. The fourth-order valence-corrected chi connectivity index (χ4v) is 3.21. The highest BCUT2D eigenvalue weighted by atomic mass is 16.5. The van der Waals surface area contributed by atoms with Crippen molar-refractivity contribution in [2.24, 2.45) is 5.92 Å². The van der Waals surface area contributed by atoms with E-state index in [0.717, 1.165) is 28.2 Å². The Hall–Kier alpha value is -2.75. The van der Waals surface area contributed by atoms with Crippen LogP contribution in [-0.2, 0) is 9.53 Å². The molecule has 0 spiro atoms. The van der Waals surface area contributed by atoms with Crippen LogP contribution >= 0.6 is 0 Å². The zero-order valence-corrected chi connectivity index (χ0v) is 17.2. The highest BCUT2D eigenvalue weighted by Crippen LogP contribution is 2.36. The lowest BCUT2D eigenvalue weighted by molar-refractivity contribution is -0.148. The Labute approximate surface area is 167 Å². The molecule has 4 nitrogen and oxygen atoms in total. The normalized spacial score (nSPS) is 15.5. The summed E-state index contributed by atoms with van der Waals surface area (Å²) in [5, 5.41) is 0. The number of methoxy groups -OCH3 is 1. The fourth-order valence-electron chi connectivity index (χ4n) is 3.21. The van der Waals surface area contributed by atoms with Gasteiger partial charge in [-0.2, -0.15) is 0 Å². The number of fused-ring (bicyclic) bond motifs is 1. The minimum Gasteiger partial charge on any atom is -0.497 e. The minimum atomic E-state index is -0.505. The molecule has 0 saturated carbocycles. The molecule has 1 unspecified atom stereocenters. The van der Waals surface area contributed by atoms with Crippen molar-refractivity contribution in [3.8, 4) is 11.5 Å². The predicted octanol–water partition coefficient (Wildman–Crippen LogP) is 5.56. The third kappa shape index (κ3) is 4.75. The van der Waals surface area contributed by atoms with E-state index in [4.69, 9.17) is 14.2 Å². The van der Waals surface area contributed by atoms with Crippen LogP contribution in [-0.4, -0.2) is 18.7 Å². The van der Waals surface area contributed by atoms with Crippen molar-refractivity contribution in [2.75, 3.05) is 7.11 Å². The summed E-state index contributed by atoms with van der Waals surface area (Å²) < 4.78 is 17.3. The number of carbonyl (C=O) groups is 1. The van der Waals surface area contributed by atoms with Gasteiger partial charge in [-0.3, -0.25) is 4.79 Å². The van der Waals surface area contributed by atoms with Crippen molar-refractivity contribution in [2.45, 2.75) is 45.8 Å². The maximum absolute atomic E-state index is 12.4. The first kappa shape index (κ1) is 20.0. The molecular weight excluding hydrogens is 352 g/mol. The SMILES string of the molecule is COc1cccc(C(OC(=O)CC(C)C)c2ccc3c(c2)C=CC(C)(C)O3)c1. The number of rotatable bonds is 6. The molecule has 2 aromatic carbocycles. The molecule has 4 heteroatoms. The standard InChI is InChI=1S/C24H28O4/c1-16(2)13-22(25)27-23(18-7-6-8-20(15-18)26-5)19-9-10-21-17(14-19)11-12-24(3,4)28-21/h6-12,14-16,23H,13H2,1-5H3. The largest absolute Gasteiger partial charge is 0.497 e. The average Bonchev–Trinajstić information content (AvgIpc) is 2.64. The van der Waals surface area contributed by atoms with Crippen molar-refractivity contribution in [3.63, 3.8) is 0 Å². The van der Waals surface area contributed by atoms with E-state index in [0.29, 0.717) is 6.42 Å². The van der Waals surface area contributed by atoms with Crippen LogP contribution in [0.4, 0.5) is 0 Å². The van der Waals surface area contributed by atoms with E-state index in [2.05, 4.69) is 6.08 Å². The molecule has 0 saturated heterocycles. The van der Waals surface area contributed by atoms with Crippen LogP contribution < -0.4 is 9.47 Å². The molecule has 0 N–H and O–H groups in total. The van der Waals surface area contributed by atoms with Gasteiger partial charge >= 0.3 is 5.97 Å². The number of hydrogen-bond donors (Lipinski definition) is 0. The molecule has 2 aromatic rings. The van der Waals surface area contributed by atoms with Gasteiger partial charge in [-0.15, -0.1) is 0 Å². The Balaban J connectivity index is 1.98. The van der Waals surface area contributed by atoms with Crippen LogP contribution in [0.5, 0.6) is 11.5 Å². The maximum atomic E-state index is 12.4. The molecule has 1 aliphatic heterocycles. The third-order valence-electron chi connectivity index (χ3n) is 4.59. The molecule has 148 valence electrons. The van der Waals surface area contributed by atoms with Crippen molar-refractivity contribution < 1.29 is 19.0 Å².